The fraction of sp³-hybridized carbons (Fsp3) is 0.259. The number of nitrogens with zero attached hydrogens (tertiary/aromatic N) is 1. The summed E-state index contributed by atoms with van der Waals surface area (Å²) >= 11 is 5.54. The summed E-state index contributed by atoms with van der Waals surface area (Å²) in [5.74, 6) is 0.479. The summed E-state index contributed by atoms with van der Waals surface area (Å²) in [6, 6.07) is 25.8. The number of benzene rings is 2. The number of unbranched alkanes of at least 4 members (excludes halogenated alkanes) is 1. The van der Waals surface area contributed by atoms with Gasteiger partial charge in [-0.1, -0.05) is 85.0 Å². The summed E-state index contributed by atoms with van der Waals surface area (Å²) in [6.07, 6.45) is 12.6. The minimum absolute atomic E-state index is 0.0817. The molecule has 30 heavy (non-hydrogen) atoms. The fourth-order valence-electron chi connectivity index (χ4n) is 4.30. The molecule has 0 amide bonds. The molecule has 0 bridgehead atoms. The Balaban J connectivity index is 1.30. The van der Waals surface area contributed by atoms with E-state index in [1.807, 2.05) is 18.5 Å². The first-order chi connectivity index (χ1) is 14.8. The van der Waals surface area contributed by atoms with Crippen LogP contribution in [0.2, 0.25) is 0 Å². The number of pyridine rings is 1. The van der Waals surface area contributed by atoms with Crippen molar-refractivity contribution in [2.45, 2.75) is 31.1 Å². The third-order valence-corrected chi connectivity index (χ3v) is 6.27. The molecular formula is C27H28N2S. The van der Waals surface area contributed by atoms with Gasteiger partial charge in [-0.05, 0) is 60.4 Å². The molecule has 1 N–H and O–H groups in total. The number of rotatable bonds is 9. The zero-order chi connectivity index (χ0) is 20.7. The summed E-state index contributed by atoms with van der Waals surface area (Å²) < 4.78 is 0. The summed E-state index contributed by atoms with van der Waals surface area (Å²) in [7, 11) is 0. The largest absolute Gasteiger partial charge is 0.376 e. The van der Waals surface area contributed by atoms with E-state index >= 15 is 0 Å². The molecule has 1 atom stereocenters. The second-order valence-electron chi connectivity index (χ2n) is 7.98. The molecule has 1 heterocycles. The molecular weight excluding hydrogens is 384 g/mol. The number of thiocarbonyl (C=S) groups is 1. The maximum absolute atomic E-state index is 5.54. The van der Waals surface area contributed by atoms with Crippen LogP contribution in [0.1, 0.15) is 36.0 Å². The topological polar surface area (TPSA) is 24.9 Å². The molecule has 2 aromatic carbocycles. The SMILES string of the molecule is S=C(/C=C/C1CC1(c1ccccc1)c1ccccc1)NCCCCc1cccnc1. The molecule has 1 aliphatic rings. The van der Waals surface area contributed by atoms with Gasteiger partial charge in [0.05, 0.1) is 4.99 Å². The average Bonchev–Trinajstić information content (AvgIpc) is 3.55. The fourth-order valence-corrected chi connectivity index (χ4v) is 4.48. The molecule has 0 spiro atoms. The van der Waals surface area contributed by atoms with Gasteiger partial charge in [0.2, 0.25) is 0 Å². The van der Waals surface area contributed by atoms with E-state index in [9.17, 15) is 0 Å². The van der Waals surface area contributed by atoms with Crippen LogP contribution in [0.5, 0.6) is 0 Å². The molecule has 2 nitrogen and oxygen atoms in total. The van der Waals surface area contributed by atoms with E-state index < -0.39 is 0 Å². The molecule has 152 valence electrons. The Morgan fingerprint density at radius 2 is 1.67 bits per heavy atom. The molecule has 4 rings (SSSR count). The normalized spacial score (nSPS) is 17.0. The highest BCUT2D eigenvalue weighted by atomic mass is 32.1. The minimum atomic E-state index is 0.0817. The van der Waals surface area contributed by atoms with Gasteiger partial charge < -0.3 is 5.32 Å². The summed E-state index contributed by atoms with van der Waals surface area (Å²) in [5.41, 5.74) is 4.16. The highest BCUT2D eigenvalue weighted by Gasteiger charge is 2.54. The molecule has 1 saturated carbocycles. The van der Waals surface area contributed by atoms with Gasteiger partial charge in [-0.3, -0.25) is 4.98 Å². The number of nitrogens with one attached hydrogen (secondary N) is 1. The summed E-state index contributed by atoms with van der Waals surface area (Å²) in [4.78, 5) is 5.00. The van der Waals surface area contributed by atoms with Gasteiger partial charge in [0, 0.05) is 24.4 Å². The standard InChI is InChI=1S/C27H28N2S/c30-26(29-19-8-7-10-22-11-9-18-28-21-22)17-16-25-20-27(25,23-12-3-1-4-13-23)24-14-5-2-6-15-24/h1-6,9,11-18,21,25H,7-8,10,19-20H2,(H,29,30)/b17-16+. The van der Waals surface area contributed by atoms with Gasteiger partial charge in [-0.2, -0.15) is 0 Å². The summed E-state index contributed by atoms with van der Waals surface area (Å²) in [5, 5.41) is 3.39. The second kappa shape index (κ2) is 9.82. The van der Waals surface area contributed by atoms with Crippen LogP contribution in [0.3, 0.4) is 0 Å². The molecule has 1 unspecified atom stereocenters. The number of aryl methyl sites for hydroxylation is 1. The first-order valence-electron chi connectivity index (χ1n) is 10.7. The van der Waals surface area contributed by atoms with Crippen molar-refractivity contribution in [1.29, 1.82) is 0 Å². The van der Waals surface area contributed by atoms with E-state index in [0.29, 0.717) is 5.92 Å². The quantitative estimate of drug-likeness (QED) is 0.270. The lowest BCUT2D eigenvalue weighted by Gasteiger charge is -2.18. The first kappa shape index (κ1) is 20.5. The van der Waals surface area contributed by atoms with Gasteiger partial charge in [0.25, 0.3) is 0 Å². The number of hydrogen-bond donors (Lipinski definition) is 1. The smallest absolute Gasteiger partial charge is 0.0984 e. The molecule has 3 heteroatoms. The summed E-state index contributed by atoms with van der Waals surface area (Å²) in [6.45, 7) is 0.913. The van der Waals surface area contributed by atoms with Crippen molar-refractivity contribution in [3.8, 4) is 0 Å². The highest BCUT2D eigenvalue weighted by Crippen LogP contribution is 2.59. The van der Waals surface area contributed by atoms with Crippen LogP contribution in [0.15, 0.2) is 97.3 Å². The van der Waals surface area contributed by atoms with E-state index in [0.717, 1.165) is 37.2 Å². The lowest BCUT2D eigenvalue weighted by Crippen LogP contribution is -2.20. The lowest BCUT2D eigenvalue weighted by atomic mass is 9.85. The Kier molecular flexibility index (Phi) is 6.70. The van der Waals surface area contributed by atoms with Crippen LogP contribution in [0, 0.1) is 5.92 Å². The zero-order valence-corrected chi connectivity index (χ0v) is 18.0. The zero-order valence-electron chi connectivity index (χ0n) is 17.2. The molecule has 1 fully saturated rings. The maximum atomic E-state index is 5.54. The van der Waals surface area contributed by atoms with Crippen LogP contribution in [-0.4, -0.2) is 16.5 Å². The third-order valence-electron chi connectivity index (χ3n) is 5.99. The van der Waals surface area contributed by atoms with E-state index in [-0.39, 0.29) is 5.41 Å². The van der Waals surface area contributed by atoms with E-state index in [1.54, 1.807) is 0 Å². The Bertz CT molecular complexity index is 928. The van der Waals surface area contributed by atoms with Crippen LogP contribution in [0.4, 0.5) is 0 Å². The van der Waals surface area contributed by atoms with Crippen molar-refractivity contribution in [3.05, 3.63) is 114 Å². The van der Waals surface area contributed by atoms with Crippen molar-refractivity contribution in [2.75, 3.05) is 6.54 Å². The van der Waals surface area contributed by atoms with Gasteiger partial charge in [-0.15, -0.1) is 0 Å². The van der Waals surface area contributed by atoms with E-state index in [2.05, 4.69) is 89.2 Å². The average molecular weight is 413 g/mol. The van der Waals surface area contributed by atoms with Gasteiger partial charge in [0.15, 0.2) is 0 Å². The minimum Gasteiger partial charge on any atom is -0.376 e. The van der Waals surface area contributed by atoms with Crippen LogP contribution < -0.4 is 5.32 Å². The monoisotopic (exact) mass is 412 g/mol. The van der Waals surface area contributed by atoms with Gasteiger partial charge in [0.1, 0.15) is 0 Å². The Hall–Kier alpha value is -2.78. The van der Waals surface area contributed by atoms with Crippen LogP contribution >= 0.6 is 12.2 Å². The molecule has 0 aliphatic heterocycles. The van der Waals surface area contributed by atoms with Gasteiger partial charge in [-0.25, -0.2) is 0 Å². The number of hydrogen-bond acceptors (Lipinski definition) is 2. The Morgan fingerprint density at radius 3 is 2.30 bits per heavy atom. The first-order valence-corrected chi connectivity index (χ1v) is 11.2. The number of allylic oxidation sites excluding steroid dienone is 1. The lowest BCUT2D eigenvalue weighted by molar-refractivity contribution is 0.711. The predicted molar refractivity (Wildman–Crippen MR) is 129 cm³/mol. The van der Waals surface area contributed by atoms with Crippen molar-refractivity contribution in [2.24, 2.45) is 5.92 Å². The van der Waals surface area contributed by atoms with Crippen molar-refractivity contribution in [1.82, 2.24) is 10.3 Å². The second-order valence-corrected chi connectivity index (χ2v) is 8.42. The molecule has 1 aliphatic carbocycles. The molecule has 0 radical (unpaired) electrons. The van der Waals surface area contributed by atoms with Crippen molar-refractivity contribution < 1.29 is 0 Å². The predicted octanol–water partition coefficient (Wildman–Crippen LogP) is 5.88. The molecule has 0 saturated heterocycles. The Labute approximate surface area is 185 Å². The van der Waals surface area contributed by atoms with E-state index in [1.165, 1.54) is 16.7 Å². The Morgan fingerprint density at radius 1 is 0.967 bits per heavy atom. The van der Waals surface area contributed by atoms with Crippen LogP contribution in [0.25, 0.3) is 0 Å². The van der Waals surface area contributed by atoms with Gasteiger partial charge >= 0.3 is 0 Å². The van der Waals surface area contributed by atoms with Crippen molar-refractivity contribution in [3.63, 3.8) is 0 Å². The van der Waals surface area contributed by atoms with Crippen molar-refractivity contribution >= 4 is 17.2 Å². The molecule has 3 aromatic rings. The maximum Gasteiger partial charge on any atom is 0.0984 e. The highest BCUT2D eigenvalue weighted by molar-refractivity contribution is 7.80. The third kappa shape index (κ3) is 4.85. The molecule has 1 aromatic heterocycles. The number of aromatic nitrogens is 1. The van der Waals surface area contributed by atoms with Crippen LogP contribution in [-0.2, 0) is 11.8 Å². The van der Waals surface area contributed by atoms with E-state index in [4.69, 9.17) is 12.2 Å².